The summed E-state index contributed by atoms with van der Waals surface area (Å²) >= 11 is 0. The van der Waals surface area contributed by atoms with Crippen LogP contribution in [0.2, 0.25) is 0 Å². The van der Waals surface area contributed by atoms with Gasteiger partial charge in [-0.2, -0.15) is 4.98 Å². The summed E-state index contributed by atoms with van der Waals surface area (Å²) in [6.07, 6.45) is 8.34. The molecule has 31 heavy (non-hydrogen) atoms. The van der Waals surface area contributed by atoms with E-state index in [2.05, 4.69) is 32.3 Å². The largest absolute Gasteiger partial charge is 0.370 e. The number of hydrogen-bond donors (Lipinski definition) is 5. The van der Waals surface area contributed by atoms with Crippen molar-refractivity contribution in [1.82, 2.24) is 24.6 Å². The summed E-state index contributed by atoms with van der Waals surface area (Å²) < 4.78 is 1.80. The topological polar surface area (TPSA) is 141 Å². The van der Waals surface area contributed by atoms with Crippen LogP contribution in [0.25, 0.3) is 16.9 Å². The zero-order valence-corrected chi connectivity index (χ0v) is 18.3. The van der Waals surface area contributed by atoms with Crippen molar-refractivity contribution in [3.8, 4) is 11.1 Å². The van der Waals surface area contributed by atoms with Crippen LogP contribution in [0, 0.1) is 5.41 Å². The summed E-state index contributed by atoms with van der Waals surface area (Å²) in [4.78, 5) is 21.7. The number of fused-ring (bicyclic) bond motifs is 1. The van der Waals surface area contributed by atoms with E-state index in [-0.39, 0.29) is 23.9 Å². The number of aromatic nitrogens is 3. The summed E-state index contributed by atoms with van der Waals surface area (Å²) in [5.41, 5.74) is 13.3. The maximum atomic E-state index is 12.3. The number of rotatable bonds is 11. The Labute approximate surface area is 187 Å². The molecule has 0 saturated heterocycles. The summed E-state index contributed by atoms with van der Waals surface area (Å²) in [5.74, 6) is 0.538. The Hall–Kier alpha value is -2.88. The first-order valence-corrected chi connectivity index (χ1v) is 10.2. The van der Waals surface area contributed by atoms with Gasteiger partial charge in [0, 0.05) is 38.2 Å². The summed E-state index contributed by atoms with van der Waals surface area (Å²) in [6, 6.07) is 8.07. The van der Waals surface area contributed by atoms with Gasteiger partial charge in [0.05, 0.1) is 5.56 Å². The minimum absolute atomic E-state index is 0. The number of nitrogens with two attached hydrogens (primary N) is 2. The number of imidazole rings is 1. The zero-order valence-electron chi connectivity index (χ0n) is 17.5. The van der Waals surface area contributed by atoms with Crippen molar-refractivity contribution in [2.24, 2.45) is 11.5 Å². The first-order chi connectivity index (χ1) is 14.6. The quantitative estimate of drug-likeness (QED) is 0.172. The fourth-order valence-electron chi connectivity index (χ4n) is 3.40. The van der Waals surface area contributed by atoms with E-state index in [0.29, 0.717) is 24.4 Å². The Morgan fingerprint density at radius 2 is 1.94 bits per heavy atom. The van der Waals surface area contributed by atoms with Gasteiger partial charge in [-0.05, 0) is 43.5 Å². The lowest BCUT2D eigenvalue weighted by Gasteiger charge is -2.22. The second-order valence-electron chi connectivity index (χ2n) is 7.31. The number of unbranched alkanes of at least 4 members (excludes halogenated alkanes) is 1. The normalized spacial score (nSPS) is 10.9. The molecule has 0 radical (unpaired) electrons. The average Bonchev–Trinajstić information content (AvgIpc) is 3.18. The molecule has 1 aromatic carbocycles. The molecule has 0 aliphatic carbocycles. The SMILES string of the molecule is Cl.N=C(N)NCCCN(CCCCN)Cc1ccc(-c2cn3cc[nH]c3nc2=O)cc1. The molecule has 0 spiro atoms. The molecular weight excluding hydrogens is 416 g/mol. The van der Waals surface area contributed by atoms with E-state index in [4.69, 9.17) is 16.9 Å². The van der Waals surface area contributed by atoms with E-state index in [1.807, 2.05) is 18.3 Å². The monoisotopic (exact) mass is 446 g/mol. The molecule has 7 N–H and O–H groups in total. The fraction of sp³-hybridized carbons (Fsp3) is 0.381. The van der Waals surface area contributed by atoms with E-state index < -0.39 is 0 Å². The Morgan fingerprint density at radius 1 is 1.19 bits per heavy atom. The van der Waals surface area contributed by atoms with Gasteiger partial charge in [0.15, 0.2) is 5.96 Å². The average molecular weight is 447 g/mol. The molecule has 2 aromatic heterocycles. The standard InChI is InChI=1S/C21H30N8O.ClH/c22-8-1-2-11-28(12-3-9-25-20(23)24)14-16-4-6-17(7-5-16)18-15-29-13-10-26-21(29)27-19(18)30;/h4-7,10,13,15H,1-3,8-9,11-12,14,22H2,(H4,23,24,25)(H,26,27,30);1H. The lowest BCUT2D eigenvalue weighted by atomic mass is 10.1. The van der Waals surface area contributed by atoms with Crippen molar-refractivity contribution in [1.29, 1.82) is 5.41 Å². The van der Waals surface area contributed by atoms with Crippen molar-refractivity contribution >= 4 is 24.1 Å². The molecule has 0 atom stereocenters. The summed E-state index contributed by atoms with van der Waals surface area (Å²) in [7, 11) is 0. The van der Waals surface area contributed by atoms with Crippen LogP contribution in [0.1, 0.15) is 24.8 Å². The van der Waals surface area contributed by atoms with Crippen LogP contribution in [-0.2, 0) is 6.54 Å². The predicted octanol–water partition coefficient (Wildman–Crippen LogP) is 1.53. The molecule has 2 heterocycles. The molecule has 3 aromatic rings. The molecule has 10 heteroatoms. The fourth-order valence-corrected chi connectivity index (χ4v) is 3.40. The second kappa shape index (κ2) is 12.1. The first-order valence-electron chi connectivity index (χ1n) is 10.2. The van der Waals surface area contributed by atoms with Crippen LogP contribution in [-0.4, -0.2) is 51.4 Å². The smallest absolute Gasteiger partial charge is 0.282 e. The number of hydrogen-bond acceptors (Lipinski definition) is 5. The summed E-state index contributed by atoms with van der Waals surface area (Å²) in [6.45, 7) is 4.07. The highest BCUT2D eigenvalue weighted by molar-refractivity contribution is 5.85. The van der Waals surface area contributed by atoms with Gasteiger partial charge in [0.2, 0.25) is 5.78 Å². The van der Waals surface area contributed by atoms with Crippen molar-refractivity contribution in [2.45, 2.75) is 25.8 Å². The lowest BCUT2D eigenvalue weighted by molar-refractivity contribution is 0.257. The van der Waals surface area contributed by atoms with E-state index in [0.717, 1.165) is 44.5 Å². The molecule has 0 unspecified atom stereocenters. The van der Waals surface area contributed by atoms with Gasteiger partial charge in [-0.25, -0.2) is 0 Å². The molecule has 0 aliphatic rings. The van der Waals surface area contributed by atoms with Crippen LogP contribution in [0.4, 0.5) is 0 Å². The number of halogens is 1. The van der Waals surface area contributed by atoms with Crippen molar-refractivity contribution in [3.63, 3.8) is 0 Å². The number of benzene rings is 1. The number of aromatic amines is 1. The van der Waals surface area contributed by atoms with E-state index in [1.165, 1.54) is 5.56 Å². The van der Waals surface area contributed by atoms with Gasteiger partial charge in [0.1, 0.15) is 0 Å². The van der Waals surface area contributed by atoms with Crippen LogP contribution < -0.4 is 22.3 Å². The molecule has 0 bridgehead atoms. The third-order valence-electron chi connectivity index (χ3n) is 4.96. The van der Waals surface area contributed by atoms with Crippen LogP contribution in [0.5, 0.6) is 0 Å². The van der Waals surface area contributed by atoms with Crippen LogP contribution in [0.3, 0.4) is 0 Å². The van der Waals surface area contributed by atoms with Gasteiger partial charge < -0.3 is 21.8 Å². The first kappa shape index (κ1) is 24.4. The Kier molecular flexibility index (Phi) is 9.51. The van der Waals surface area contributed by atoms with Gasteiger partial charge >= 0.3 is 0 Å². The van der Waals surface area contributed by atoms with Gasteiger partial charge in [0.25, 0.3) is 5.56 Å². The van der Waals surface area contributed by atoms with E-state index >= 15 is 0 Å². The predicted molar refractivity (Wildman–Crippen MR) is 127 cm³/mol. The molecule has 168 valence electrons. The van der Waals surface area contributed by atoms with Crippen molar-refractivity contribution in [3.05, 3.63) is 58.8 Å². The highest BCUT2D eigenvalue weighted by Gasteiger charge is 2.09. The third-order valence-corrected chi connectivity index (χ3v) is 4.96. The van der Waals surface area contributed by atoms with Gasteiger partial charge in [-0.1, -0.05) is 24.3 Å². The molecule has 0 fully saturated rings. The van der Waals surface area contributed by atoms with E-state index in [9.17, 15) is 4.79 Å². The molecule has 0 amide bonds. The lowest BCUT2D eigenvalue weighted by Crippen LogP contribution is -2.33. The highest BCUT2D eigenvalue weighted by atomic mass is 35.5. The molecular formula is C21H31ClN8O. The molecule has 0 saturated carbocycles. The number of nitrogens with one attached hydrogen (secondary N) is 3. The number of nitrogens with zero attached hydrogens (tertiary/aromatic N) is 3. The zero-order chi connectivity index (χ0) is 21.3. The molecule has 0 aliphatic heterocycles. The number of guanidine groups is 1. The minimum Gasteiger partial charge on any atom is -0.370 e. The maximum absolute atomic E-state index is 12.3. The highest BCUT2D eigenvalue weighted by Crippen LogP contribution is 2.17. The minimum atomic E-state index is -0.244. The van der Waals surface area contributed by atoms with Crippen LogP contribution in [0.15, 0.2) is 47.7 Å². The Balaban J connectivity index is 0.00000341. The van der Waals surface area contributed by atoms with Crippen molar-refractivity contribution in [2.75, 3.05) is 26.2 Å². The second-order valence-corrected chi connectivity index (χ2v) is 7.31. The Bertz CT molecular complexity index is 1010. The third kappa shape index (κ3) is 7.09. The molecule has 3 rings (SSSR count). The van der Waals surface area contributed by atoms with Crippen LogP contribution >= 0.6 is 12.4 Å². The van der Waals surface area contributed by atoms with Gasteiger partial charge in [-0.3, -0.25) is 19.5 Å². The Morgan fingerprint density at radius 3 is 2.65 bits per heavy atom. The maximum Gasteiger partial charge on any atom is 0.282 e. The number of H-pyrrole nitrogens is 1. The molecule has 9 nitrogen and oxygen atoms in total. The van der Waals surface area contributed by atoms with E-state index in [1.54, 1.807) is 16.8 Å². The van der Waals surface area contributed by atoms with Gasteiger partial charge in [-0.15, -0.1) is 12.4 Å². The van der Waals surface area contributed by atoms with Crippen molar-refractivity contribution < 1.29 is 0 Å². The summed E-state index contributed by atoms with van der Waals surface area (Å²) in [5, 5.41) is 10.1.